The van der Waals surface area contributed by atoms with Gasteiger partial charge in [0, 0.05) is 11.1 Å². The maximum absolute atomic E-state index is 13.2. The molecule has 2 rings (SSSR count). The fourth-order valence-electron chi connectivity index (χ4n) is 3.40. The van der Waals surface area contributed by atoms with E-state index in [0.29, 0.717) is 10.9 Å². The van der Waals surface area contributed by atoms with E-state index in [4.69, 9.17) is 11.6 Å². The van der Waals surface area contributed by atoms with Crippen molar-refractivity contribution in [3.05, 3.63) is 34.6 Å². The van der Waals surface area contributed by atoms with Gasteiger partial charge in [0.05, 0.1) is 0 Å². The molecule has 0 heterocycles. The van der Waals surface area contributed by atoms with Crippen LogP contribution in [0.2, 0.25) is 5.02 Å². The molecule has 1 aromatic rings. The van der Waals surface area contributed by atoms with Crippen molar-refractivity contribution in [2.24, 2.45) is 17.8 Å². The van der Waals surface area contributed by atoms with Crippen molar-refractivity contribution in [3.8, 4) is 0 Å². The Balaban J connectivity index is 2.22. The third kappa shape index (κ3) is 3.53. The van der Waals surface area contributed by atoms with Gasteiger partial charge in [-0.3, -0.25) is 0 Å². The number of halogens is 2. The van der Waals surface area contributed by atoms with Gasteiger partial charge in [-0.05, 0) is 54.8 Å². The molecule has 0 bridgehead atoms. The van der Waals surface area contributed by atoms with Crippen molar-refractivity contribution in [3.63, 3.8) is 0 Å². The number of rotatable bonds is 4. The predicted octanol–water partition coefficient (Wildman–Crippen LogP) is 5.20. The summed E-state index contributed by atoms with van der Waals surface area (Å²) in [5.41, 5.74) is 1.04. The molecule has 1 aliphatic rings. The molecule has 1 N–H and O–H groups in total. The zero-order valence-electron chi connectivity index (χ0n) is 12.6. The van der Waals surface area contributed by atoms with Crippen LogP contribution in [-0.4, -0.2) is 6.54 Å². The second kappa shape index (κ2) is 6.91. The summed E-state index contributed by atoms with van der Waals surface area (Å²) in [6, 6.07) is 5.02. The normalized spacial score (nSPS) is 28.4. The van der Waals surface area contributed by atoms with E-state index >= 15 is 0 Å². The molecular formula is C17H25ClFN. The molecule has 0 aromatic heterocycles. The second-order valence-electron chi connectivity index (χ2n) is 6.23. The Morgan fingerprint density at radius 2 is 2.05 bits per heavy atom. The van der Waals surface area contributed by atoms with Gasteiger partial charge in [-0.1, -0.05) is 44.9 Å². The fraction of sp³-hybridized carbons (Fsp3) is 0.647. The summed E-state index contributed by atoms with van der Waals surface area (Å²) in [7, 11) is 0. The summed E-state index contributed by atoms with van der Waals surface area (Å²) >= 11 is 6.26. The van der Waals surface area contributed by atoms with E-state index < -0.39 is 0 Å². The molecule has 0 spiro atoms. The van der Waals surface area contributed by atoms with Crippen molar-refractivity contribution in [2.75, 3.05) is 6.54 Å². The van der Waals surface area contributed by atoms with Crippen LogP contribution in [0.1, 0.15) is 51.6 Å². The maximum Gasteiger partial charge on any atom is 0.124 e. The van der Waals surface area contributed by atoms with E-state index in [0.717, 1.165) is 23.9 Å². The Hall–Kier alpha value is -0.600. The number of hydrogen-bond acceptors (Lipinski definition) is 1. The Bertz CT molecular complexity index is 449. The van der Waals surface area contributed by atoms with Crippen LogP contribution in [0.15, 0.2) is 18.2 Å². The highest BCUT2D eigenvalue weighted by atomic mass is 35.5. The lowest BCUT2D eigenvalue weighted by Gasteiger charge is -2.37. The molecule has 1 nitrogen and oxygen atoms in total. The van der Waals surface area contributed by atoms with Crippen molar-refractivity contribution in [1.82, 2.24) is 5.32 Å². The van der Waals surface area contributed by atoms with E-state index in [1.807, 2.05) is 6.07 Å². The summed E-state index contributed by atoms with van der Waals surface area (Å²) in [4.78, 5) is 0. The number of benzene rings is 1. The highest BCUT2D eigenvalue weighted by Gasteiger charge is 2.31. The first-order valence-corrected chi connectivity index (χ1v) is 8.09. The van der Waals surface area contributed by atoms with E-state index in [9.17, 15) is 4.39 Å². The maximum atomic E-state index is 13.2. The minimum absolute atomic E-state index is 0.239. The zero-order valence-corrected chi connectivity index (χ0v) is 13.4. The lowest BCUT2D eigenvalue weighted by molar-refractivity contribution is 0.172. The quantitative estimate of drug-likeness (QED) is 0.805. The van der Waals surface area contributed by atoms with E-state index in [2.05, 4.69) is 26.1 Å². The van der Waals surface area contributed by atoms with Gasteiger partial charge in [0.1, 0.15) is 5.82 Å². The molecule has 1 saturated carbocycles. The number of hydrogen-bond donors (Lipinski definition) is 1. The molecular weight excluding hydrogens is 273 g/mol. The largest absolute Gasteiger partial charge is 0.310 e. The molecule has 0 saturated heterocycles. The Morgan fingerprint density at radius 3 is 2.65 bits per heavy atom. The first kappa shape index (κ1) is 15.8. The zero-order chi connectivity index (χ0) is 14.7. The summed E-state index contributed by atoms with van der Waals surface area (Å²) in [5, 5.41) is 4.10. The average Bonchev–Trinajstić information content (AvgIpc) is 2.40. The average molecular weight is 298 g/mol. The van der Waals surface area contributed by atoms with Gasteiger partial charge < -0.3 is 5.32 Å². The van der Waals surface area contributed by atoms with Crippen LogP contribution < -0.4 is 5.32 Å². The van der Waals surface area contributed by atoms with Gasteiger partial charge in [0.25, 0.3) is 0 Å². The molecule has 4 unspecified atom stereocenters. The van der Waals surface area contributed by atoms with Crippen LogP contribution in [0.5, 0.6) is 0 Å². The third-order valence-corrected chi connectivity index (χ3v) is 5.16. The van der Waals surface area contributed by atoms with E-state index in [1.54, 1.807) is 0 Å². The molecule has 1 aromatic carbocycles. The minimum atomic E-state index is -0.264. The second-order valence-corrected chi connectivity index (χ2v) is 6.64. The van der Waals surface area contributed by atoms with Crippen molar-refractivity contribution < 1.29 is 4.39 Å². The number of nitrogens with one attached hydrogen (secondary N) is 1. The van der Waals surface area contributed by atoms with Gasteiger partial charge in [-0.2, -0.15) is 0 Å². The summed E-state index contributed by atoms with van der Waals surface area (Å²) in [5.74, 6) is 1.87. The highest BCUT2D eigenvalue weighted by Crippen LogP contribution is 2.41. The molecule has 1 aliphatic carbocycles. The first-order valence-electron chi connectivity index (χ1n) is 7.71. The molecule has 3 heteroatoms. The fourth-order valence-corrected chi connectivity index (χ4v) is 3.68. The van der Waals surface area contributed by atoms with Crippen LogP contribution in [0.4, 0.5) is 4.39 Å². The smallest absolute Gasteiger partial charge is 0.124 e. The van der Waals surface area contributed by atoms with E-state index in [1.165, 1.54) is 31.4 Å². The Labute approximate surface area is 126 Å². The lowest BCUT2D eigenvalue weighted by Crippen LogP contribution is -2.33. The monoisotopic (exact) mass is 297 g/mol. The van der Waals surface area contributed by atoms with Crippen LogP contribution >= 0.6 is 11.6 Å². The molecule has 112 valence electrons. The van der Waals surface area contributed by atoms with Crippen molar-refractivity contribution >= 4 is 11.6 Å². The molecule has 0 aliphatic heterocycles. The standard InChI is InChI=1S/C17H25ClFN/c1-4-20-17(13-6-5-11(2)12(3)9-13)15-8-7-14(19)10-16(15)18/h7-8,10-13,17,20H,4-6,9H2,1-3H3. The van der Waals surface area contributed by atoms with Gasteiger partial charge >= 0.3 is 0 Å². The van der Waals surface area contributed by atoms with Crippen LogP contribution in [0.3, 0.4) is 0 Å². The summed E-state index contributed by atoms with van der Waals surface area (Å²) in [6.07, 6.45) is 3.70. The van der Waals surface area contributed by atoms with E-state index in [-0.39, 0.29) is 11.9 Å². The molecule has 1 fully saturated rings. The first-order chi connectivity index (χ1) is 9.52. The van der Waals surface area contributed by atoms with Crippen LogP contribution in [-0.2, 0) is 0 Å². The topological polar surface area (TPSA) is 12.0 Å². The van der Waals surface area contributed by atoms with Crippen LogP contribution in [0.25, 0.3) is 0 Å². The minimum Gasteiger partial charge on any atom is -0.310 e. The molecule has 0 amide bonds. The van der Waals surface area contributed by atoms with Gasteiger partial charge in [0.2, 0.25) is 0 Å². The van der Waals surface area contributed by atoms with Gasteiger partial charge in [-0.25, -0.2) is 4.39 Å². The Kier molecular flexibility index (Phi) is 5.45. The van der Waals surface area contributed by atoms with Crippen LogP contribution in [0, 0.1) is 23.6 Å². The van der Waals surface area contributed by atoms with Gasteiger partial charge in [0.15, 0.2) is 0 Å². The van der Waals surface area contributed by atoms with Crippen molar-refractivity contribution in [1.29, 1.82) is 0 Å². The molecule has 20 heavy (non-hydrogen) atoms. The molecule has 0 radical (unpaired) electrons. The molecule has 4 atom stereocenters. The predicted molar refractivity (Wildman–Crippen MR) is 83.5 cm³/mol. The lowest BCUT2D eigenvalue weighted by atomic mass is 9.72. The summed E-state index contributed by atoms with van der Waals surface area (Å²) in [6.45, 7) is 7.69. The SMILES string of the molecule is CCNC(c1ccc(F)cc1Cl)C1CCC(C)C(C)C1. The van der Waals surface area contributed by atoms with Gasteiger partial charge in [-0.15, -0.1) is 0 Å². The Morgan fingerprint density at radius 1 is 1.30 bits per heavy atom. The highest BCUT2D eigenvalue weighted by molar-refractivity contribution is 6.31. The van der Waals surface area contributed by atoms with Crippen molar-refractivity contribution in [2.45, 2.75) is 46.1 Å². The third-order valence-electron chi connectivity index (χ3n) is 4.83. The summed E-state index contributed by atoms with van der Waals surface area (Å²) < 4.78 is 13.2.